The Morgan fingerprint density at radius 1 is 1.22 bits per heavy atom. The zero-order chi connectivity index (χ0) is 17.1. The molecule has 2 amide bonds. The Hall–Kier alpha value is -1.98. The summed E-state index contributed by atoms with van der Waals surface area (Å²) in [5, 5.41) is 2.80. The van der Waals surface area contributed by atoms with Gasteiger partial charge >= 0.3 is 0 Å². The topological polar surface area (TPSA) is 49.4 Å². The zero-order valence-electron chi connectivity index (χ0n) is 13.6. The number of carbonyl (C=O) groups is 2. The number of nitrogens with zero attached hydrogens (tertiary/aromatic N) is 1. The highest BCUT2D eigenvalue weighted by Crippen LogP contribution is 2.21. The molecule has 0 saturated carbocycles. The van der Waals surface area contributed by atoms with Crippen LogP contribution in [0.15, 0.2) is 18.2 Å². The summed E-state index contributed by atoms with van der Waals surface area (Å²) >= 11 is 0. The van der Waals surface area contributed by atoms with Crippen molar-refractivity contribution in [3.8, 4) is 0 Å². The van der Waals surface area contributed by atoms with Crippen molar-refractivity contribution in [3.63, 3.8) is 0 Å². The highest BCUT2D eigenvalue weighted by Gasteiger charge is 2.35. The van der Waals surface area contributed by atoms with E-state index in [1.54, 1.807) is 11.8 Å². The Morgan fingerprint density at radius 3 is 2.43 bits per heavy atom. The van der Waals surface area contributed by atoms with Crippen molar-refractivity contribution in [3.05, 3.63) is 35.4 Å². The van der Waals surface area contributed by atoms with E-state index in [2.05, 4.69) is 5.32 Å². The minimum atomic E-state index is -0.946. The Kier molecular flexibility index (Phi) is 5.34. The van der Waals surface area contributed by atoms with Crippen LogP contribution < -0.4 is 5.32 Å². The van der Waals surface area contributed by atoms with Gasteiger partial charge in [-0.15, -0.1) is 0 Å². The van der Waals surface area contributed by atoms with E-state index in [0.717, 1.165) is 18.6 Å². The molecule has 4 nitrogen and oxygen atoms in total. The molecule has 0 bridgehead atoms. The van der Waals surface area contributed by atoms with E-state index < -0.39 is 23.7 Å². The highest BCUT2D eigenvalue weighted by molar-refractivity contribution is 5.89. The molecule has 0 unspecified atom stereocenters. The predicted octanol–water partition coefficient (Wildman–Crippen LogP) is 2.79. The Balaban J connectivity index is 2.11. The van der Waals surface area contributed by atoms with E-state index in [0.29, 0.717) is 18.5 Å². The third-order valence-corrected chi connectivity index (χ3v) is 4.15. The van der Waals surface area contributed by atoms with Gasteiger partial charge in [0.15, 0.2) is 11.6 Å². The summed E-state index contributed by atoms with van der Waals surface area (Å²) in [6.07, 6.45) is 1.23. The molecule has 2 rings (SSSR count). The molecule has 6 heteroatoms. The molecule has 1 aliphatic rings. The van der Waals surface area contributed by atoms with Gasteiger partial charge in [-0.25, -0.2) is 8.78 Å². The smallest absolute Gasteiger partial charge is 0.243 e. The number of halogens is 2. The van der Waals surface area contributed by atoms with E-state index in [9.17, 15) is 18.4 Å². The van der Waals surface area contributed by atoms with E-state index in [-0.39, 0.29) is 17.7 Å². The second kappa shape index (κ2) is 7.06. The van der Waals surface area contributed by atoms with Gasteiger partial charge < -0.3 is 10.2 Å². The molecular weight excluding hydrogens is 302 g/mol. The van der Waals surface area contributed by atoms with E-state index >= 15 is 0 Å². The summed E-state index contributed by atoms with van der Waals surface area (Å²) in [7, 11) is 0. The molecule has 1 aromatic carbocycles. The van der Waals surface area contributed by atoms with Gasteiger partial charge in [0, 0.05) is 13.0 Å². The minimum absolute atomic E-state index is 0.0145. The first-order chi connectivity index (χ1) is 10.8. The number of hydrogen-bond acceptors (Lipinski definition) is 2. The molecule has 1 aliphatic heterocycles. The fourth-order valence-electron chi connectivity index (χ4n) is 2.93. The largest absolute Gasteiger partial charge is 0.348 e. The van der Waals surface area contributed by atoms with E-state index in [4.69, 9.17) is 0 Å². The third kappa shape index (κ3) is 3.86. The normalized spacial score (nSPS) is 17.5. The van der Waals surface area contributed by atoms with Crippen molar-refractivity contribution in [2.45, 2.75) is 45.7 Å². The average Bonchev–Trinajstić information content (AvgIpc) is 2.87. The van der Waals surface area contributed by atoms with Crippen LogP contribution in [-0.4, -0.2) is 29.3 Å². The van der Waals surface area contributed by atoms with Crippen molar-refractivity contribution in [2.75, 3.05) is 6.54 Å². The second-order valence-electron chi connectivity index (χ2n) is 6.28. The van der Waals surface area contributed by atoms with Crippen molar-refractivity contribution >= 4 is 11.8 Å². The maximum atomic E-state index is 13.3. The number of amides is 2. The van der Waals surface area contributed by atoms with Crippen molar-refractivity contribution < 1.29 is 18.4 Å². The predicted molar refractivity (Wildman–Crippen MR) is 82.5 cm³/mol. The molecule has 0 aromatic heterocycles. The molecular formula is C17H22F2N2O2. The summed E-state index contributed by atoms with van der Waals surface area (Å²) in [6, 6.07) is 2.53. The molecule has 2 atom stereocenters. The molecule has 0 spiro atoms. The maximum Gasteiger partial charge on any atom is 0.243 e. The van der Waals surface area contributed by atoms with E-state index in [1.807, 2.05) is 13.8 Å². The summed E-state index contributed by atoms with van der Waals surface area (Å²) in [5.41, 5.74) is 0.479. The lowest BCUT2D eigenvalue weighted by molar-refractivity contribution is -0.139. The lowest BCUT2D eigenvalue weighted by Gasteiger charge is -2.31. The first kappa shape index (κ1) is 17.4. The van der Waals surface area contributed by atoms with Crippen LogP contribution in [0.5, 0.6) is 0 Å². The zero-order valence-corrected chi connectivity index (χ0v) is 13.6. The quantitative estimate of drug-likeness (QED) is 0.905. The third-order valence-electron chi connectivity index (χ3n) is 4.15. The molecule has 1 aromatic rings. The summed E-state index contributed by atoms with van der Waals surface area (Å²) in [5.74, 6) is -2.19. The van der Waals surface area contributed by atoms with Crippen LogP contribution in [0.4, 0.5) is 8.78 Å². The Labute approximate surface area is 134 Å². The monoisotopic (exact) mass is 324 g/mol. The fraction of sp³-hybridized carbons (Fsp3) is 0.529. The van der Waals surface area contributed by atoms with E-state index in [1.165, 1.54) is 6.07 Å². The second-order valence-corrected chi connectivity index (χ2v) is 6.28. The van der Waals surface area contributed by atoms with Crippen LogP contribution in [0.3, 0.4) is 0 Å². The molecule has 1 saturated heterocycles. The standard InChI is InChI=1S/C17H22F2N2O2/c1-10(2)16(21-8-4-5-15(21)22)17(23)20-11(3)12-6-7-13(18)14(19)9-12/h6-7,9-11,16H,4-5,8H2,1-3H3,(H,20,23)/t11-,16-/m1/s1. The maximum absolute atomic E-state index is 13.3. The van der Waals surface area contributed by atoms with Gasteiger partial charge in [0.25, 0.3) is 0 Å². The van der Waals surface area contributed by atoms with Crippen LogP contribution >= 0.6 is 0 Å². The molecule has 0 aliphatic carbocycles. The summed E-state index contributed by atoms with van der Waals surface area (Å²) in [4.78, 5) is 26.1. The van der Waals surface area contributed by atoms with Crippen LogP contribution in [0.25, 0.3) is 0 Å². The molecule has 1 fully saturated rings. The average molecular weight is 324 g/mol. The number of carbonyl (C=O) groups excluding carboxylic acids is 2. The van der Waals surface area contributed by atoms with Crippen molar-refractivity contribution in [2.24, 2.45) is 5.92 Å². The molecule has 23 heavy (non-hydrogen) atoms. The number of hydrogen-bond donors (Lipinski definition) is 1. The minimum Gasteiger partial charge on any atom is -0.348 e. The number of benzene rings is 1. The first-order valence-corrected chi connectivity index (χ1v) is 7.86. The highest BCUT2D eigenvalue weighted by atomic mass is 19.2. The summed E-state index contributed by atoms with van der Waals surface area (Å²) < 4.78 is 26.3. The van der Waals surface area contributed by atoms with Gasteiger partial charge in [0.2, 0.25) is 11.8 Å². The van der Waals surface area contributed by atoms with Crippen LogP contribution in [0.2, 0.25) is 0 Å². The SMILES string of the molecule is CC(C)[C@H](C(=O)N[C@H](C)c1ccc(F)c(F)c1)N1CCCC1=O. The van der Waals surface area contributed by atoms with Gasteiger partial charge in [-0.3, -0.25) is 9.59 Å². The van der Waals surface area contributed by atoms with Gasteiger partial charge in [-0.05, 0) is 37.0 Å². The molecule has 0 radical (unpaired) electrons. The van der Waals surface area contributed by atoms with Gasteiger partial charge in [0.05, 0.1) is 6.04 Å². The van der Waals surface area contributed by atoms with Crippen molar-refractivity contribution in [1.29, 1.82) is 0 Å². The van der Waals surface area contributed by atoms with Gasteiger partial charge in [-0.1, -0.05) is 19.9 Å². The Morgan fingerprint density at radius 2 is 1.91 bits per heavy atom. The summed E-state index contributed by atoms with van der Waals surface area (Å²) in [6.45, 7) is 6.05. The Bertz CT molecular complexity index is 604. The molecule has 1 heterocycles. The van der Waals surface area contributed by atoms with Crippen molar-refractivity contribution in [1.82, 2.24) is 10.2 Å². The van der Waals surface area contributed by atoms with Crippen LogP contribution in [-0.2, 0) is 9.59 Å². The van der Waals surface area contributed by atoms with Gasteiger partial charge in [0.1, 0.15) is 6.04 Å². The molecule has 1 N–H and O–H groups in total. The fourth-order valence-corrected chi connectivity index (χ4v) is 2.93. The number of nitrogens with one attached hydrogen (secondary N) is 1. The van der Waals surface area contributed by atoms with Gasteiger partial charge in [-0.2, -0.15) is 0 Å². The lowest BCUT2D eigenvalue weighted by Crippen LogP contribution is -2.50. The van der Waals surface area contributed by atoms with Crippen LogP contribution in [0, 0.1) is 17.6 Å². The van der Waals surface area contributed by atoms with Crippen LogP contribution in [0.1, 0.15) is 45.2 Å². The first-order valence-electron chi connectivity index (χ1n) is 7.86. The molecule has 126 valence electrons. The number of rotatable bonds is 5. The number of likely N-dealkylation sites (tertiary alicyclic amines) is 1. The lowest BCUT2D eigenvalue weighted by atomic mass is 10.0.